The minimum absolute atomic E-state index is 0.132. The summed E-state index contributed by atoms with van der Waals surface area (Å²) in [4.78, 5) is 24.3. The SMILES string of the molecule is C[C@@]1(c2ccccc2)CC[C@H](NCCN2C(=O)CNC2=O)C1. The second-order valence-electron chi connectivity index (χ2n) is 6.52. The van der Waals surface area contributed by atoms with Crippen molar-refractivity contribution >= 4 is 11.9 Å². The van der Waals surface area contributed by atoms with Crippen LogP contribution in [0, 0.1) is 0 Å². The maximum Gasteiger partial charge on any atom is 0.324 e. The minimum Gasteiger partial charge on any atom is -0.329 e. The standard InChI is InChI=1S/C17H23N3O2/c1-17(13-5-3-2-4-6-13)8-7-14(11-17)18-9-10-20-15(21)12-19-16(20)22/h2-6,14,18H,7-12H2,1H3,(H,19,22)/t14-,17+/m0/s1. The van der Waals surface area contributed by atoms with Crippen LogP contribution in [0.5, 0.6) is 0 Å². The molecule has 22 heavy (non-hydrogen) atoms. The van der Waals surface area contributed by atoms with E-state index in [1.165, 1.54) is 10.5 Å². The number of benzene rings is 1. The molecule has 2 N–H and O–H groups in total. The monoisotopic (exact) mass is 301 g/mol. The first-order valence-corrected chi connectivity index (χ1v) is 7.96. The van der Waals surface area contributed by atoms with Gasteiger partial charge in [0.1, 0.15) is 0 Å². The lowest BCUT2D eigenvalue weighted by atomic mass is 9.81. The van der Waals surface area contributed by atoms with E-state index in [0.717, 1.165) is 19.3 Å². The number of nitrogens with zero attached hydrogens (tertiary/aromatic N) is 1. The quantitative estimate of drug-likeness (QED) is 0.813. The van der Waals surface area contributed by atoms with Gasteiger partial charge >= 0.3 is 6.03 Å². The van der Waals surface area contributed by atoms with Crippen LogP contribution in [0.1, 0.15) is 31.7 Å². The Morgan fingerprint density at radius 3 is 2.77 bits per heavy atom. The lowest BCUT2D eigenvalue weighted by Gasteiger charge is -2.25. The molecule has 2 atom stereocenters. The van der Waals surface area contributed by atoms with Crippen molar-refractivity contribution in [3.63, 3.8) is 0 Å². The molecule has 3 rings (SSSR count). The Morgan fingerprint density at radius 2 is 2.09 bits per heavy atom. The molecule has 1 aliphatic carbocycles. The van der Waals surface area contributed by atoms with Gasteiger partial charge in [0.25, 0.3) is 0 Å². The Hall–Kier alpha value is -1.88. The van der Waals surface area contributed by atoms with Gasteiger partial charge in [-0.05, 0) is 30.2 Å². The minimum atomic E-state index is -0.271. The van der Waals surface area contributed by atoms with Gasteiger partial charge in [0.15, 0.2) is 0 Å². The smallest absolute Gasteiger partial charge is 0.324 e. The van der Waals surface area contributed by atoms with Crippen molar-refractivity contribution in [3.05, 3.63) is 35.9 Å². The van der Waals surface area contributed by atoms with Gasteiger partial charge in [-0.2, -0.15) is 0 Å². The first kappa shape index (κ1) is 15.0. The summed E-state index contributed by atoms with van der Waals surface area (Å²) in [5.41, 5.74) is 1.62. The second kappa shape index (κ2) is 6.08. The van der Waals surface area contributed by atoms with E-state index in [0.29, 0.717) is 19.1 Å². The third kappa shape index (κ3) is 2.99. The summed E-state index contributed by atoms with van der Waals surface area (Å²) < 4.78 is 0. The molecule has 2 fully saturated rings. The number of amides is 3. The summed E-state index contributed by atoms with van der Waals surface area (Å²) in [6.07, 6.45) is 3.39. The van der Waals surface area contributed by atoms with E-state index in [4.69, 9.17) is 0 Å². The van der Waals surface area contributed by atoms with Crippen molar-refractivity contribution in [2.24, 2.45) is 0 Å². The molecule has 0 spiro atoms. The third-order valence-electron chi connectivity index (χ3n) is 4.92. The molecule has 1 saturated carbocycles. The van der Waals surface area contributed by atoms with Gasteiger partial charge in [0.05, 0.1) is 6.54 Å². The molecule has 5 nitrogen and oxygen atoms in total. The predicted octanol–water partition coefficient (Wildman–Crippen LogP) is 1.64. The molecule has 0 aromatic heterocycles. The summed E-state index contributed by atoms with van der Waals surface area (Å²) in [5, 5.41) is 6.04. The van der Waals surface area contributed by atoms with Gasteiger partial charge < -0.3 is 10.6 Å². The second-order valence-corrected chi connectivity index (χ2v) is 6.52. The van der Waals surface area contributed by atoms with Gasteiger partial charge in [-0.1, -0.05) is 37.3 Å². The summed E-state index contributed by atoms with van der Waals surface area (Å²) in [7, 11) is 0. The number of hydrogen-bond acceptors (Lipinski definition) is 3. The zero-order valence-corrected chi connectivity index (χ0v) is 13.0. The van der Waals surface area contributed by atoms with Crippen LogP contribution in [-0.2, 0) is 10.2 Å². The van der Waals surface area contributed by atoms with Crippen molar-refractivity contribution in [3.8, 4) is 0 Å². The van der Waals surface area contributed by atoms with Crippen LogP contribution in [0.15, 0.2) is 30.3 Å². The van der Waals surface area contributed by atoms with Gasteiger partial charge in [-0.3, -0.25) is 9.69 Å². The van der Waals surface area contributed by atoms with E-state index < -0.39 is 0 Å². The van der Waals surface area contributed by atoms with Crippen molar-refractivity contribution in [2.45, 2.75) is 37.6 Å². The van der Waals surface area contributed by atoms with Gasteiger partial charge in [0, 0.05) is 19.1 Å². The van der Waals surface area contributed by atoms with Crippen molar-refractivity contribution in [1.82, 2.24) is 15.5 Å². The number of carbonyl (C=O) groups is 2. The molecule has 1 aliphatic heterocycles. The molecule has 3 amide bonds. The molecule has 118 valence electrons. The summed E-state index contributed by atoms with van der Waals surface area (Å²) in [6, 6.07) is 10.8. The lowest BCUT2D eigenvalue weighted by molar-refractivity contribution is -0.124. The van der Waals surface area contributed by atoms with Gasteiger partial charge in [-0.25, -0.2) is 4.79 Å². The Bertz CT molecular complexity index is 544. The molecule has 1 aromatic rings. The largest absolute Gasteiger partial charge is 0.329 e. The van der Waals surface area contributed by atoms with Crippen molar-refractivity contribution < 1.29 is 9.59 Å². The molecule has 5 heteroatoms. The molecular weight excluding hydrogens is 278 g/mol. The fourth-order valence-electron chi connectivity index (χ4n) is 3.58. The number of nitrogens with one attached hydrogen (secondary N) is 2. The average molecular weight is 301 g/mol. The zero-order valence-electron chi connectivity index (χ0n) is 13.0. The number of rotatable bonds is 5. The van der Waals surface area contributed by atoms with E-state index >= 15 is 0 Å². The topological polar surface area (TPSA) is 61.4 Å². The maximum absolute atomic E-state index is 11.5. The number of urea groups is 1. The molecule has 1 aromatic carbocycles. The van der Waals surface area contributed by atoms with E-state index in [-0.39, 0.29) is 23.9 Å². The van der Waals surface area contributed by atoms with Crippen LogP contribution in [0.2, 0.25) is 0 Å². The van der Waals surface area contributed by atoms with Crippen LogP contribution in [0.25, 0.3) is 0 Å². The summed E-state index contributed by atoms with van der Waals surface area (Å²) in [6.45, 7) is 3.56. The van der Waals surface area contributed by atoms with Crippen LogP contribution in [0.3, 0.4) is 0 Å². The van der Waals surface area contributed by atoms with E-state index in [9.17, 15) is 9.59 Å². The Labute approximate surface area is 131 Å². The molecular formula is C17H23N3O2. The molecule has 0 unspecified atom stereocenters. The Morgan fingerprint density at radius 1 is 1.32 bits per heavy atom. The number of carbonyl (C=O) groups excluding carboxylic acids is 2. The highest BCUT2D eigenvalue weighted by atomic mass is 16.2. The highest BCUT2D eigenvalue weighted by Crippen LogP contribution is 2.40. The average Bonchev–Trinajstić information content (AvgIpc) is 3.06. The Kier molecular flexibility index (Phi) is 4.16. The molecule has 0 bridgehead atoms. The first-order valence-electron chi connectivity index (χ1n) is 7.96. The van der Waals surface area contributed by atoms with E-state index in [2.05, 4.69) is 47.9 Å². The van der Waals surface area contributed by atoms with Gasteiger partial charge in [-0.15, -0.1) is 0 Å². The van der Waals surface area contributed by atoms with Crippen molar-refractivity contribution in [2.75, 3.05) is 19.6 Å². The normalized spacial score (nSPS) is 28.2. The fraction of sp³-hybridized carbons (Fsp3) is 0.529. The molecule has 1 saturated heterocycles. The number of hydrogen-bond donors (Lipinski definition) is 2. The zero-order chi connectivity index (χ0) is 15.6. The summed E-state index contributed by atoms with van der Waals surface area (Å²) >= 11 is 0. The summed E-state index contributed by atoms with van der Waals surface area (Å²) in [5.74, 6) is -0.132. The third-order valence-corrected chi connectivity index (χ3v) is 4.92. The van der Waals surface area contributed by atoms with Crippen LogP contribution >= 0.6 is 0 Å². The highest BCUT2D eigenvalue weighted by Gasteiger charge is 2.36. The van der Waals surface area contributed by atoms with Crippen LogP contribution < -0.4 is 10.6 Å². The van der Waals surface area contributed by atoms with Gasteiger partial charge in [0.2, 0.25) is 5.91 Å². The van der Waals surface area contributed by atoms with E-state index in [1.807, 2.05) is 0 Å². The van der Waals surface area contributed by atoms with E-state index in [1.54, 1.807) is 0 Å². The maximum atomic E-state index is 11.5. The molecule has 0 radical (unpaired) electrons. The highest BCUT2D eigenvalue weighted by molar-refractivity contribution is 6.01. The molecule has 1 heterocycles. The fourth-order valence-corrected chi connectivity index (χ4v) is 3.58. The first-order chi connectivity index (χ1) is 10.6. The Balaban J connectivity index is 1.49. The predicted molar refractivity (Wildman–Crippen MR) is 84.5 cm³/mol. The van der Waals surface area contributed by atoms with Crippen molar-refractivity contribution in [1.29, 1.82) is 0 Å². The molecule has 2 aliphatic rings. The van der Waals surface area contributed by atoms with Crippen LogP contribution in [-0.4, -0.2) is 42.5 Å². The lowest BCUT2D eigenvalue weighted by Crippen LogP contribution is -2.39. The van der Waals surface area contributed by atoms with Crippen LogP contribution in [0.4, 0.5) is 4.79 Å². The number of imide groups is 1.